The minimum atomic E-state index is -0.523. The summed E-state index contributed by atoms with van der Waals surface area (Å²) in [6.45, 7) is 4.47. The van der Waals surface area contributed by atoms with Crippen LogP contribution in [-0.4, -0.2) is 6.03 Å². The molecule has 22 heavy (non-hydrogen) atoms. The molecule has 0 unspecified atom stereocenters. The molecule has 0 saturated heterocycles. The van der Waals surface area contributed by atoms with Gasteiger partial charge in [-0.2, -0.15) is 0 Å². The Morgan fingerprint density at radius 2 is 1.64 bits per heavy atom. The van der Waals surface area contributed by atoms with Crippen LogP contribution < -0.4 is 11.1 Å². The lowest BCUT2D eigenvalue weighted by molar-refractivity contribution is 0.259. The number of anilines is 1. The lowest BCUT2D eigenvalue weighted by atomic mass is 9.99. The minimum absolute atomic E-state index is 0.523. The first-order valence-electron chi connectivity index (χ1n) is 7.77. The molecule has 0 saturated carbocycles. The van der Waals surface area contributed by atoms with Crippen molar-refractivity contribution in [3.63, 3.8) is 0 Å². The summed E-state index contributed by atoms with van der Waals surface area (Å²) in [5, 5.41) is 2.68. The third kappa shape index (κ3) is 4.92. The van der Waals surface area contributed by atoms with Crippen LogP contribution in [0.1, 0.15) is 30.5 Å². The normalized spacial score (nSPS) is 10.7. The molecule has 0 heterocycles. The number of hydrogen-bond acceptors (Lipinski definition) is 1. The van der Waals surface area contributed by atoms with Crippen molar-refractivity contribution < 1.29 is 4.79 Å². The molecular formula is C19H24N2O. The van der Waals surface area contributed by atoms with Crippen LogP contribution in [0.3, 0.4) is 0 Å². The van der Waals surface area contributed by atoms with Crippen molar-refractivity contribution in [2.24, 2.45) is 11.7 Å². The molecule has 0 radical (unpaired) electrons. The molecule has 2 aromatic rings. The van der Waals surface area contributed by atoms with E-state index in [-0.39, 0.29) is 0 Å². The van der Waals surface area contributed by atoms with E-state index in [2.05, 4.69) is 43.4 Å². The highest BCUT2D eigenvalue weighted by atomic mass is 16.2. The predicted octanol–water partition coefficient (Wildman–Crippen LogP) is 4.16. The average molecular weight is 296 g/mol. The van der Waals surface area contributed by atoms with Crippen LogP contribution >= 0.6 is 0 Å². The van der Waals surface area contributed by atoms with Crippen molar-refractivity contribution in [2.45, 2.75) is 33.1 Å². The number of nitrogens with two attached hydrogens (primary N) is 1. The summed E-state index contributed by atoms with van der Waals surface area (Å²) in [6, 6.07) is 16.1. The number of amides is 2. The molecule has 0 aliphatic heterocycles. The van der Waals surface area contributed by atoms with E-state index in [1.165, 1.54) is 11.1 Å². The molecule has 3 heteroatoms. The largest absolute Gasteiger partial charge is 0.351 e. The van der Waals surface area contributed by atoms with Gasteiger partial charge in [0.1, 0.15) is 0 Å². The molecule has 0 bridgehead atoms. The lowest BCUT2D eigenvalue weighted by Gasteiger charge is -2.10. The summed E-state index contributed by atoms with van der Waals surface area (Å²) in [6.07, 6.45) is 2.94. The number of rotatable bonds is 6. The van der Waals surface area contributed by atoms with E-state index in [1.807, 2.05) is 24.3 Å². The molecule has 0 aliphatic rings. The Hall–Kier alpha value is -2.29. The van der Waals surface area contributed by atoms with Gasteiger partial charge in [-0.15, -0.1) is 0 Å². The maximum absolute atomic E-state index is 11.0. The zero-order chi connectivity index (χ0) is 15.9. The smallest absolute Gasteiger partial charge is 0.316 e. The Labute approximate surface area is 132 Å². The Balaban J connectivity index is 1.99. The molecule has 3 N–H and O–H groups in total. The van der Waals surface area contributed by atoms with E-state index in [1.54, 1.807) is 0 Å². The van der Waals surface area contributed by atoms with Crippen LogP contribution in [0, 0.1) is 5.92 Å². The average Bonchev–Trinajstić information content (AvgIpc) is 2.47. The number of urea groups is 1. The summed E-state index contributed by atoms with van der Waals surface area (Å²) < 4.78 is 0. The van der Waals surface area contributed by atoms with Gasteiger partial charge in [0, 0.05) is 5.69 Å². The molecule has 3 nitrogen and oxygen atoms in total. The summed E-state index contributed by atoms with van der Waals surface area (Å²) in [4.78, 5) is 11.0. The Morgan fingerprint density at radius 3 is 2.27 bits per heavy atom. The molecule has 2 aromatic carbocycles. The molecular weight excluding hydrogens is 272 g/mol. The molecule has 0 atom stereocenters. The molecule has 116 valence electrons. The summed E-state index contributed by atoms with van der Waals surface area (Å²) in [5.41, 5.74) is 9.80. The van der Waals surface area contributed by atoms with Gasteiger partial charge in [0.05, 0.1) is 0 Å². The first-order chi connectivity index (χ1) is 10.5. The van der Waals surface area contributed by atoms with E-state index in [0.29, 0.717) is 5.92 Å². The molecule has 2 amide bonds. The van der Waals surface area contributed by atoms with Crippen LogP contribution in [0.25, 0.3) is 0 Å². The standard InChI is InChI=1S/C19H24N2O/c1-14(2)13-16-9-7-15(8-10-16)11-12-17-5-3-4-6-18(17)21-19(20)22/h3-10,14H,11-13H2,1-2H3,(H3,20,21,22). The highest BCUT2D eigenvalue weighted by molar-refractivity contribution is 5.88. The summed E-state index contributed by atoms with van der Waals surface area (Å²) >= 11 is 0. The fourth-order valence-corrected chi connectivity index (χ4v) is 2.59. The van der Waals surface area contributed by atoms with Crippen molar-refractivity contribution >= 4 is 11.7 Å². The van der Waals surface area contributed by atoms with Crippen molar-refractivity contribution in [1.82, 2.24) is 0 Å². The number of benzene rings is 2. The SMILES string of the molecule is CC(C)Cc1ccc(CCc2ccccc2NC(N)=O)cc1. The number of primary amides is 1. The van der Waals surface area contributed by atoms with Gasteiger partial charge >= 0.3 is 6.03 Å². The Bertz CT molecular complexity index is 618. The molecule has 2 rings (SSSR count). The van der Waals surface area contributed by atoms with Gasteiger partial charge in [0.2, 0.25) is 0 Å². The minimum Gasteiger partial charge on any atom is -0.351 e. The van der Waals surface area contributed by atoms with E-state index in [0.717, 1.165) is 30.5 Å². The van der Waals surface area contributed by atoms with Crippen molar-refractivity contribution in [2.75, 3.05) is 5.32 Å². The Morgan fingerprint density at radius 1 is 1.00 bits per heavy atom. The van der Waals surface area contributed by atoms with Crippen molar-refractivity contribution in [1.29, 1.82) is 0 Å². The van der Waals surface area contributed by atoms with Crippen molar-refractivity contribution in [3.05, 3.63) is 65.2 Å². The molecule has 0 aromatic heterocycles. The second-order valence-electron chi connectivity index (χ2n) is 6.06. The topological polar surface area (TPSA) is 55.1 Å². The van der Waals surface area contributed by atoms with Gasteiger partial charge in [-0.25, -0.2) is 4.79 Å². The number of nitrogens with one attached hydrogen (secondary N) is 1. The molecule has 0 fully saturated rings. The highest BCUT2D eigenvalue weighted by Gasteiger charge is 2.04. The fraction of sp³-hybridized carbons (Fsp3) is 0.316. The van der Waals surface area contributed by atoms with Gasteiger partial charge in [-0.05, 0) is 47.9 Å². The van der Waals surface area contributed by atoms with Gasteiger partial charge in [0.25, 0.3) is 0 Å². The van der Waals surface area contributed by atoms with E-state index < -0.39 is 6.03 Å². The third-order valence-electron chi connectivity index (χ3n) is 3.63. The highest BCUT2D eigenvalue weighted by Crippen LogP contribution is 2.18. The van der Waals surface area contributed by atoms with Gasteiger partial charge in [-0.1, -0.05) is 56.3 Å². The number of aryl methyl sites for hydroxylation is 2. The number of carbonyl (C=O) groups excluding carboxylic acids is 1. The van der Waals surface area contributed by atoms with Crippen LogP contribution in [0.4, 0.5) is 10.5 Å². The maximum Gasteiger partial charge on any atom is 0.316 e. The first-order valence-corrected chi connectivity index (χ1v) is 7.77. The van der Waals surface area contributed by atoms with Gasteiger partial charge in [0.15, 0.2) is 0 Å². The van der Waals surface area contributed by atoms with E-state index in [4.69, 9.17) is 5.73 Å². The number of hydrogen-bond donors (Lipinski definition) is 2. The van der Waals surface area contributed by atoms with Crippen LogP contribution in [0.5, 0.6) is 0 Å². The first kappa shape index (κ1) is 16.1. The number of carbonyl (C=O) groups is 1. The quantitative estimate of drug-likeness (QED) is 0.826. The molecule has 0 spiro atoms. The maximum atomic E-state index is 11.0. The second-order valence-corrected chi connectivity index (χ2v) is 6.06. The number of para-hydroxylation sites is 1. The second kappa shape index (κ2) is 7.64. The fourth-order valence-electron chi connectivity index (χ4n) is 2.59. The van der Waals surface area contributed by atoms with Crippen LogP contribution in [0.2, 0.25) is 0 Å². The van der Waals surface area contributed by atoms with Crippen molar-refractivity contribution in [3.8, 4) is 0 Å². The van der Waals surface area contributed by atoms with Crippen LogP contribution in [0.15, 0.2) is 48.5 Å². The van der Waals surface area contributed by atoms with Crippen LogP contribution in [-0.2, 0) is 19.3 Å². The van der Waals surface area contributed by atoms with E-state index in [9.17, 15) is 4.79 Å². The summed E-state index contributed by atoms with van der Waals surface area (Å²) in [5.74, 6) is 0.678. The zero-order valence-electron chi connectivity index (χ0n) is 13.3. The zero-order valence-corrected chi connectivity index (χ0v) is 13.3. The van der Waals surface area contributed by atoms with Gasteiger partial charge in [-0.3, -0.25) is 0 Å². The monoisotopic (exact) mass is 296 g/mol. The third-order valence-corrected chi connectivity index (χ3v) is 3.63. The van der Waals surface area contributed by atoms with E-state index >= 15 is 0 Å². The molecule has 0 aliphatic carbocycles. The van der Waals surface area contributed by atoms with Gasteiger partial charge < -0.3 is 11.1 Å². The summed E-state index contributed by atoms with van der Waals surface area (Å²) in [7, 11) is 0. The lowest BCUT2D eigenvalue weighted by Crippen LogP contribution is -2.20. The predicted molar refractivity (Wildman–Crippen MR) is 92.0 cm³/mol. The Kier molecular flexibility index (Phi) is 5.59.